The molecule has 6 N–H and O–H groups in total. The summed E-state index contributed by atoms with van der Waals surface area (Å²) in [5.41, 5.74) is 10.1. The number of nitrogens with zero attached hydrogens (tertiary/aromatic N) is 6. The zero-order valence-electron chi connectivity index (χ0n) is 35.8. The molecule has 0 unspecified atom stereocenters. The number of hydrogen-bond acceptors (Lipinski definition) is 8. The van der Waals surface area contributed by atoms with Gasteiger partial charge >= 0.3 is 0 Å². The van der Waals surface area contributed by atoms with E-state index in [1.54, 1.807) is 42.9 Å². The maximum Gasteiger partial charge on any atom is 0.277 e. The second kappa shape index (κ2) is 20.2. The molecule has 0 radical (unpaired) electrons. The third-order valence-electron chi connectivity index (χ3n) is 11.2. The van der Waals surface area contributed by atoms with E-state index >= 15 is 0 Å². The Labute approximate surface area is 376 Å². The minimum atomic E-state index is -0.270. The number of H-pyrrole nitrogens is 4. The van der Waals surface area contributed by atoms with Gasteiger partial charge in [-0.15, -0.1) is 0 Å². The summed E-state index contributed by atoms with van der Waals surface area (Å²) in [4.78, 5) is 50.4. The number of pyridine rings is 2. The molecule has 0 saturated heterocycles. The van der Waals surface area contributed by atoms with Crippen molar-refractivity contribution < 1.29 is 8.78 Å². The standard InChI is InChI=1S/2C25H23FN6O/c26-19-10-7-17(8-11-19)9-12-20-23(16-28-15-18-4-3-13-27-14-18)31-32(24(20)33)25-29-21-5-1-2-6-22(21)30-25;26-19-8-5-17(6-9-19)7-10-20-23(16-28-15-18-11-13-27-14-12-18)31-32(24(20)33)25-29-21-3-1-2-4-22(21)30-25/h1-8,10-11,13-14,28,31H,9,12,15-16H2,(H,29,30);1-6,8-9,11-14,28,31H,7,10,15-16H2,(H,29,30). The van der Waals surface area contributed by atoms with Crippen molar-refractivity contribution in [2.24, 2.45) is 0 Å². The number of fused-ring (bicyclic) bond motifs is 2. The van der Waals surface area contributed by atoms with E-state index in [0.29, 0.717) is 74.9 Å². The van der Waals surface area contributed by atoms with Crippen LogP contribution in [0.3, 0.4) is 0 Å². The van der Waals surface area contributed by atoms with E-state index in [-0.39, 0.29) is 22.8 Å². The molecule has 4 aromatic carbocycles. The minimum absolute atomic E-state index is 0.142. The van der Waals surface area contributed by atoms with Gasteiger partial charge in [0.25, 0.3) is 11.1 Å². The van der Waals surface area contributed by atoms with Crippen LogP contribution in [0.5, 0.6) is 0 Å². The van der Waals surface area contributed by atoms with E-state index in [1.165, 1.54) is 33.6 Å². The number of halogens is 2. The lowest BCUT2D eigenvalue weighted by atomic mass is 10.0. The molecule has 10 aromatic rings. The van der Waals surface area contributed by atoms with Gasteiger partial charge < -0.3 is 20.6 Å². The molecule has 0 amide bonds. The first-order chi connectivity index (χ1) is 32.3. The van der Waals surface area contributed by atoms with Gasteiger partial charge in [0.2, 0.25) is 11.9 Å². The highest BCUT2D eigenvalue weighted by molar-refractivity contribution is 5.76. The highest BCUT2D eigenvalue weighted by atomic mass is 19.1. The predicted octanol–water partition coefficient (Wildman–Crippen LogP) is 7.30. The molecular weight excluding hydrogens is 839 g/mol. The summed E-state index contributed by atoms with van der Waals surface area (Å²) in [6.45, 7) is 2.25. The Hall–Kier alpha value is -8.08. The van der Waals surface area contributed by atoms with Crippen LogP contribution < -0.4 is 21.8 Å². The molecule has 0 saturated carbocycles. The fraction of sp³-hybridized carbons (Fsp3) is 0.160. The minimum Gasteiger partial charge on any atom is -0.322 e. The molecule has 6 aromatic heterocycles. The number of nitrogens with one attached hydrogen (secondary N) is 6. The van der Waals surface area contributed by atoms with Crippen molar-refractivity contribution in [3.05, 3.63) is 223 Å². The monoisotopic (exact) mass is 884 g/mol. The first-order valence-electron chi connectivity index (χ1n) is 21.6. The molecule has 0 aliphatic heterocycles. The average Bonchev–Trinajstić information content (AvgIpc) is 4.12. The zero-order valence-corrected chi connectivity index (χ0v) is 35.8. The number of rotatable bonds is 16. The number of para-hydroxylation sites is 4. The van der Waals surface area contributed by atoms with E-state index in [4.69, 9.17) is 0 Å². The third-order valence-corrected chi connectivity index (χ3v) is 11.2. The smallest absolute Gasteiger partial charge is 0.277 e. The van der Waals surface area contributed by atoms with Crippen molar-refractivity contribution in [2.75, 3.05) is 0 Å². The highest BCUT2D eigenvalue weighted by Crippen LogP contribution is 2.17. The first kappa shape index (κ1) is 43.2. The summed E-state index contributed by atoms with van der Waals surface area (Å²) in [7, 11) is 0. The number of aromatic amines is 4. The van der Waals surface area contributed by atoms with Crippen molar-refractivity contribution in [1.29, 1.82) is 0 Å². The molecule has 14 nitrogen and oxygen atoms in total. The van der Waals surface area contributed by atoms with Crippen molar-refractivity contribution in [3.8, 4) is 11.9 Å². The fourth-order valence-electron chi connectivity index (χ4n) is 7.74. The second-order valence-corrected chi connectivity index (χ2v) is 15.8. The molecular formula is C50H46F2N12O2. The SMILES string of the molecule is O=c1c(CCc2ccc(F)cc2)c(CNCc2cccnc2)[nH]n1-c1nc2ccccc2[nH]1.O=c1c(CCc2ccc(F)cc2)c(CNCc2ccncc2)[nH]n1-c1nc2ccccc2[nH]1. The van der Waals surface area contributed by atoms with Gasteiger partial charge in [0.15, 0.2) is 0 Å². The van der Waals surface area contributed by atoms with Crippen LogP contribution in [0.2, 0.25) is 0 Å². The summed E-state index contributed by atoms with van der Waals surface area (Å²) in [5.74, 6) is 0.355. The Kier molecular flexibility index (Phi) is 13.2. The van der Waals surface area contributed by atoms with Crippen molar-refractivity contribution >= 4 is 22.1 Å². The number of aromatic nitrogens is 10. The summed E-state index contributed by atoms with van der Waals surface area (Å²) >= 11 is 0. The van der Waals surface area contributed by atoms with Gasteiger partial charge in [0.1, 0.15) is 11.6 Å². The maximum atomic E-state index is 13.4. The van der Waals surface area contributed by atoms with Crippen LogP contribution >= 0.6 is 0 Å². The van der Waals surface area contributed by atoms with Crippen molar-refractivity contribution in [3.63, 3.8) is 0 Å². The topological polar surface area (TPSA) is 183 Å². The van der Waals surface area contributed by atoms with E-state index in [9.17, 15) is 18.4 Å². The van der Waals surface area contributed by atoms with E-state index in [0.717, 1.165) is 55.7 Å². The van der Waals surface area contributed by atoms with Crippen molar-refractivity contribution in [1.82, 2.24) is 60.1 Å². The van der Waals surface area contributed by atoms with Crippen LogP contribution in [-0.4, -0.2) is 49.5 Å². The zero-order chi connectivity index (χ0) is 45.2. The summed E-state index contributed by atoms with van der Waals surface area (Å²) in [6, 6.07) is 35.9. The lowest BCUT2D eigenvalue weighted by Crippen LogP contribution is -2.19. The largest absolute Gasteiger partial charge is 0.322 e. The summed E-state index contributed by atoms with van der Waals surface area (Å²) in [5, 5.41) is 13.2. The molecule has 0 fully saturated rings. The third kappa shape index (κ3) is 10.3. The van der Waals surface area contributed by atoms with Crippen LogP contribution in [0.1, 0.15) is 44.8 Å². The van der Waals surface area contributed by atoms with Gasteiger partial charge in [-0.2, -0.15) is 9.36 Å². The Morgan fingerprint density at radius 3 is 1.42 bits per heavy atom. The van der Waals surface area contributed by atoms with Crippen LogP contribution in [0.4, 0.5) is 8.78 Å². The number of imidazole rings is 2. The molecule has 332 valence electrons. The lowest BCUT2D eigenvalue weighted by Gasteiger charge is -2.06. The van der Waals surface area contributed by atoms with Crippen LogP contribution in [0.25, 0.3) is 34.0 Å². The number of hydrogen-bond donors (Lipinski definition) is 6. The summed E-state index contributed by atoms with van der Waals surface area (Å²) in [6.07, 6.45) is 9.37. The van der Waals surface area contributed by atoms with Gasteiger partial charge in [-0.3, -0.25) is 29.8 Å². The van der Waals surface area contributed by atoms with E-state index in [2.05, 4.69) is 50.7 Å². The van der Waals surface area contributed by atoms with Crippen LogP contribution in [-0.2, 0) is 51.9 Å². The molecule has 6 heterocycles. The average molecular weight is 885 g/mol. The Balaban J connectivity index is 0.000000166. The number of benzene rings is 4. The Morgan fingerprint density at radius 1 is 0.470 bits per heavy atom. The van der Waals surface area contributed by atoms with Crippen LogP contribution in [0.15, 0.2) is 156 Å². The molecule has 0 aliphatic carbocycles. The first-order valence-corrected chi connectivity index (χ1v) is 21.6. The predicted molar refractivity (Wildman–Crippen MR) is 249 cm³/mol. The molecule has 66 heavy (non-hydrogen) atoms. The molecule has 0 atom stereocenters. The molecule has 10 rings (SSSR count). The number of aryl methyl sites for hydroxylation is 2. The Bertz CT molecular complexity index is 2990. The molecule has 0 spiro atoms. The molecule has 0 bridgehead atoms. The highest BCUT2D eigenvalue weighted by Gasteiger charge is 2.19. The lowest BCUT2D eigenvalue weighted by molar-refractivity contribution is 0.626. The Morgan fingerprint density at radius 2 is 0.955 bits per heavy atom. The van der Waals surface area contributed by atoms with E-state index in [1.807, 2.05) is 79.0 Å². The van der Waals surface area contributed by atoms with Gasteiger partial charge in [0.05, 0.1) is 33.5 Å². The van der Waals surface area contributed by atoms with Gasteiger partial charge in [-0.05, 0) is 115 Å². The molecule has 0 aliphatic rings. The molecule has 16 heteroatoms. The normalized spacial score (nSPS) is 11.3. The summed E-state index contributed by atoms with van der Waals surface area (Å²) < 4.78 is 29.4. The van der Waals surface area contributed by atoms with E-state index < -0.39 is 0 Å². The maximum absolute atomic E-state index is 13.4. The van der Waals surface area contributed by atoms with Gasteiger partial charge in [-0.1, -0.05) is 54.6 Å². The van der Waals surface area contributed by atoms with Gasteiger partial charge in [0, 0.05) is 62.1 Å². The quantitative estimate of drug-likeness (QED) is 0.0585. The van der Waals surface area contributed by atoms with Gasteiger partial charge in [-0.25, -0.2) is 18.7 Å². The fourth-order valence-corrected chi connectivity index (χ4v) is 7.74. The second-order valence-electron chi connectivity index (χ2n) is 15.8. The van der Waals surface area contributed by atoms with Crippen molar-refractivity contribution in [2.45, 2.75) is 51.9 Å². The van der Waals surface area contributed by atoms with Crippen LogP contribution in [0, 0.1) is 11.6 Å².